The van der Waals surface area contributed by atoms with E-state index in [0.29, 0.717) is 11.6 Å². The van der Waals surface area contributed by atoms with Gasteiger partial charge >= 0.3 is 0 Å². The number of carbonyl (C=O) groups is 1. The third-order valence-electron chi connectivity index (χ3n) is 3.15. The van der Waals surface area contributed by atoms with E-state index in [0.717, 1.165) is 11.4 Å². The van der Waals surface area contributed by atoms with Crippen LogP contribution in [0.2, 0.25) is 0 Å². The normalized spacial score (nSPS) is 13.9. The molecular weight excluding hydrogens is 276 g/mol. The van der Waals surface area contributed by atoms with Crippen LogP contribution >= 0.6 is 11.3 Å². The van der Waals surface area contributed by atoms with Crippen molar-refractivity contribution < 1.29 is 9.32 Å². The summed E-state index contributed by atoms with van der Waals surface area (Å²) in [5.74, 6) is 0.936. The molecule has 6 nitrogen and oxygen atoms in total. The van der Waals surface area contributed by atoms with Gasteiger partial charge in [0.05, 0.1) is 12.1 Å². The minimum absolute atomic E-state index is 0.158. The highest BCUT2D eigenvalue weighted by Crippen LogP contribution is 2.25. The average molecular weight is 294 g/mol. The van der Waals surface area contributed by atoms with Crippen LogP contribution < -0.4 is 10.6 Å². The van der Waals surface area contributed by atoms with E-state index in [-0.39, 0.29) is 18.0 Å². The zero-order valence-electron chi connectivity index (χ0n) is 11.8. The molecule has 0 aromatic carbocycles. The highest BCUT2D eigenvalue weighted by Gasteiger charge is 2.27. The van der Waals surface area contributed by atoms with Crippen LogP contribution in [-0.2, 0) is 10.3 Å². The molecule has 0 aliphatic heterocycles. The van der Waals surface area contributed by atoms with Crippen molar-refractivity contribution in [2.24, 2.45) is 0 Å². The topological polar surface area (TPSA) is 80.0 Å². The summed E-state index contributed by atoms with van der Waals surface area (Å²) in [7, 11) is 0. The highest BCUT2D eigenvalue weighted by atomic mass is 32.1. The van der Waals surface area contributed by atoms with E-state index >= 15 is 0 Å². The Morgan fingerprint density at radius 1 is 1.55 bits per heavy atom. The van der Waals surface area contributed by atoms with E-state index in [4.69, 9.17) is 4.52 Å². The Balaban J connectivity index is 1.92. The van der Waals surface area contributed by atoms with Crippen LogP contribution in [0.3, 0.4) is 0 Å². The maximum atomic E-state index is 11.9. The molecule has 1 unspecified atom stereocenters. The van der Waals surface area contributed by atoms with E-state index in [1.165, 1.54) is 0 Å². The summed E-state index contributed by atoms with van der Waals surface area (Å²) < 4.78 is 4.90. The maximum Gasteiger partial charge on any atom is 0.239 e. The van der Waals surface area contributed by atoms with Crippen LogP contribution in [0.5, 0.6) is 0 Å². The molecule has 0 bridgehead atoms. The number of nitrogens with zero attached hydrogens (tertiary/aromatic N) is 2. The number of thiazole rings is 1. The van der Waals surface area contributed by atoms with Gasteiger partial charge in [-0.25, -0.2) is 4.98 Å². The molecule has 0 aliphatic carbocycles. The van der Waals surface area contributed by atoms with Crippen molar-refractivity contribution in [3.63, 3.8) is 0 Å². The van der Waals surface area contributed by atoms with Crippen molar-refractivity contribution in [3.05, 3.63) is 28.4 Å². The monoisotopic (exact) mass is 294 g/mol. The molecular formula is C13H18N4O2S. The fourth-order valence-corrected chi connectivity index (χ4v) is 2.58. The van der Waals surface area contributed by atoms with Crippen LogP contribution in [-0.4, -0.2) is 22.6 Å². The van der Waals surface area contributed by atoms with Gasteiger partial charge in [0.25, 0.3) is 0 Å². The molecule has 2 aromatic rings. The molecule has 2 N–H and O–H groups in total. The molecule has 0 saturated heterocycles. The van der Waals surface area contributed by atoms with Gasteiger partial charge in [-0.2, -0.15) is 0 Å². The number of nitrogens with one attached hydrogen (secondary N) is 2. The standard InChI is InChI=1S/C13H18N4O2S/c1-4-13(3,12-14-5-6-20-12)15-8-11(18)16-10-7-9(2)19-17-10/h5-7,15H,4,8H2,1-3H3,(H,16,17,18). The van der Waals surface area contributed by atoms with Gasteiger partial charge in [-0.05, 0) is 20.3 Å². The SMILES string of the molecule is CCC(C)(NCC(=O)Nc1cc(C)on1)c1nccs1. The third-order valence-corrected chi connectivity index (χ3v) is 4.18. The summed E-state index contributed by atoms with van der Waals surface area (Å²) >= 11 is 1.58. The molecule has 108 valence electrons. The number of hydrogen-bond acceptors (Lipinski definition) is 6. The molecule has 2 rings (SSSR count). The fraction of sp³-hybridized carbons (Fsp3) is 0.462. The minimum atomic E-state index is -0.300. The average Bonchev–Trinajstić information content (AvgIpc) is 3.08. The lowest BCUT2D eigenvalue weighted by Crippen LogP contribution is -2.43. The number of aryl methyl sites for hydroxylation is 1. The number of hydrogen-bond donors (Lipinski definition) is 2. The van der Waals surface area contributed by atoms with E-state index < -0.39 is 0 Å². The smallest absolute Gasteiger partial charge is 0.239 e. The van der Waals surface area contributed by atoms with Gasteiger partial charge in [0, 0.05) is 17.6 Å². The Kier molecular flexibility index (Phi) is 4.51. The fourth-order valence-electron chi connectivity index (χ4n) is 1.74. The number of aromatic nitrogens is 2. The van der Waals surface area contributed by atoms with Gasteiger partial charge in [-0.1, -0.05) is 12.1 Å². The van der Waals surface area contributed by atoms with Crippen molar-refractivity contribution in [1.82, 2.24) is 15.5 Å². The Hall–Kier alpha value is -1.73. The van der Waals surface area contributed by atoms with Crippen LogP contribution in [0, 0.1) is 6.92 Å². The van der Waals surface area contributed by atoms with E-state index in [1.807, 2.05) is 12.3 Å². The van der Waals surface area contributed by atoms with Gasteiger partial charge in [-0.3, -0.25) is 10.1 Å². The molecule has 0 saturated carbocycles. The number of amides is 1. The summed E-state index contributed by atoms with van der Waals surface area (Å²) in [4.78, 5) is 16.2. The molecule has 1 amide bonds. The quantitative estimate of drug-likeness (QED) is 0.854. The lowest BCUT2D eigenvalue weighted by molar-refractivity contribution is -0.115. The minimum Gasteiger partial charge on any atom is -0.360 e. The summed E-state index contributed by atoms with van der Waals surface area (Å²) in [6.45, 7) is 6.07. The number of carbonyl (C=O) groups excluding carboxylic acids is 1. The van der Waals surface area contributed by atoms with Crippen LogP contribution in [0.4, 0.5) is 5.82 Å². The maximum absolute atomic E-state index is 11.9. The first-order chi connectivity index (χ1) is 9.53. The lowest BCUT2D eigenvalue weighted by Gasteiger charge is -2.27. The van der Waals surface area contributed by atoms with Crippen molar-refractivity contribution in [1.29, 1.82) is 0 Å². The van der Waals surface area contributed by atoms with Crippen molar-refractivity contribution in [2.45, 2.75) is 32.7 Å². The van der Waals surface area contributed by atoms with Gasteiger partial charge in [0.15, 0.2) is 5.82 Å². The number of anilines is 1. The Morgan fingerprint density at radius 3 is 2.90 bits per heavy atom. The Bertz CT molecular complexity index is 567. The second-order valence-electron chi connectivity index (χ2n) is 4.75. The zero-order valence-corrected chi connectivity index (χ0v) is 12.6. The highest BCUT2D eigenvalue weighted by molar-refractivity contribution is 7.09. The largest absolute Gasteiger partial charge is 0.360 e. The molecule has 7 heteroatoms. The first-order valence-electron chi connectivity index (χ1n) is 6.41. The lowest BCUT2D eigenvalue weighted by atomic mass is 10.00. The molecule has 2 heterocycles. The van der Waals surface area contributed by atoms with E-state index in [9.17, 15) is 4.79 Å². The van der Waals surface area contributed by atoms with E-state index in [2.05, 4.69) is 27.7 Å². The summed E-state index contributed by atoms with van der Waals surface area (Å²) in [6, 6.07) is 1.68. The molecule has 2 aromatic heterocycles. The molecule has 0 radical (unpaired) electrons. The van der Waals surface area contributed by atoms with Crippen LogP contribution in [0.1, 0.15) is 31.0 Å². The zero-order chi connectivity index (χ0) is 14.6. The van der Waals surface area contributed by atoms with Gasteiger partial charge in [0.2, 0.25) is 5.91 Å². The molecule has 0 spiro atoms. The summed E-state index contributed by atoms with van der Waals surface area (Å²) in [5.41, 5.74) is -0.300. The van der Waals surface area contributed by atoms with Crippen molar-refractivity contribution in [3.8, 4) is 0 Å². The summed E-state index contributed by atoms with van der Waals surface area (Å²) in [5, 5.41) is 12.6. The molecule has 0 aliphatic rings. The van der Waals surface area contributed by atoms with Gasteiger partial charge < -0.3 is 9.84 Å². The first-order valence-corrected chi connectivity index (χ1v) is 7.29. The summed E-state index contributed by atoms with van der Waals surface area (Å²) in [6.07, 6.45) is 2.62. The number of rotatable bonds is 6. The third kappa shape index (κ3) is 3.43. The van der Waals surface area contributed by atoms with Crippen LogP contribution in [0.15, 0.2) is 22.2 Å². The van der Waals surface area contributed by atoms with Gasteiger partial charge in [-0.15, -0.1) is 11.3 Å². The first kappa shape index (κ1) is 14.7. The predicted molar refractivity (Wildman–Crippen MR) is 77.6 cm³/mol. The predicted octanol–water partition coefficient (Wildman–Crippen LogP) is 2.29. The molecule has 1 atom stereocenters. The molecule has 20 heavy (non-hydrogen) atoms. The second kappa shape index (κ2) is 6.15. The Labute approximate surface area is 121 Å². The van der Waals surface area contributed by atoms with Crippen LogP contribution in [0.25, 0.3) is 0 Å². The van der Waals surface area contributed by atoms with Crippen molar-refractivity contribution in [2.75, 3.05) is 11.9 Å². The molecule has 0 fully saturated rings. The van der Waals surface area contributed by atoms with Crippen molar-refractivity contribution >= 4 is 23.1 Å². The van der Waals surface area contributed by atoms with Gasteiger partial charge in [0.1, 0.15) is 10.8 Å². The van der Waals surface area contributed by atoms with E-state index in [1.54, 1.807) is 30.5 Å². The second-order valence-corrected chi connectivity index (χ2v) is 5.64. The Morgan fingerprint density at radius 2 is 2.35 bits per heavy atom.